The molecular formula is C22H27Cl2N3O. The Morgan fingerprint density at radius 3 is 2.25 bits per heavy atom. The van der Waals surface area contributed by atoms with Crippen LogP contribution in [0.3, 0.4) is 0 Å². The van der Waals surface area contributed by atoms with Crippen molar-refractivity contribution in [1.29, 1.82) is 0 Å². The molecule has 2 bridgehead atoms. The second-order valence-electron chi connectivity index (χ2n) is 7.86. The molecule has 3 heterocycles. The van der Waals surface area contributed by atoms with Crippen molar-refractivity contribution in [2.45, 2.75) is 56.8 Å². The van der Waals surface area contributed by atoms with E-state index >= 15 is 0 Å². The quantitative estimate of drug-likeness (QED) is 0.664. The Hall–Kier alpha value is -1.59. The first-order valence-electron chi connectivity index (χ1n) is 9.68. The summed E-state index contributed by atoms with van der Waals surface area (Å²) >= 11 is 0. The van der Waals surface area contributed by atoms with Gasteiger partial charge in [-0.1, -0.05) is 36.4 Å². The van der Waals surface area contributed by atoms with E-state index in [4.69, 9.17) is 10.2 Å². The lowest BCUT2D eigenvalue weighted by atomic mass is 9.97. The fourth-order valence-electron chi connectivity index (χ4n) is 4.72. The largest absolute Gasteiger partial charge is 0.440 e. The maximum atomic E-state index is 6.19. The first-order chi connectivity index (χ1) is 12.7. The van der Waals surface area contributed by atoms with Crippen LogP contribution in [0.4, 0.5) is 0 Å². The van der Waals surface area contributed by atoms with Crippen molar-refractivity contribution in [1.82, 2.24) is 9.88 Å². The molecule has 4 nitrogen and oxygen atoms in total. The standard InChI is InChI=1S/C22H25N3O.2ClH/c23-17-12-18-9-10-19(13-17)25(18)14-16-7-5-15(6-8-16)11-22-24-20-3-1-2-4-21(20)26-22;;/h1-8,17-19H,9-14,23H2;2*1H/t17?,18-,19+;;. The van der Waals surface area contributed by atoms with E-state index in [0.29, 0.717) is 18.1 Å². The Morgan fingerprint density at radius 2 is 1.57 bits per heavy atom. The summed E-state index contributed by atoms with van der Waals surface area (Å²) < 4.78 is 5.84. The molecule has 0 saturated carbocycles. The summed E-state index contributed by atoms with van der Waals surface area (Å²) in [6.45, 7) is 1.05. The van der Waals surface area contributed by atoms with Crippen LogP contribution in [-0.2, 0) is 13.0 Å². The van der Waals surface area contributed by atoms with Crippen LogP contribution in [0, 0.1) is 0 Å². The van der Waals surface area contributed by atoms with E-state index in [9.17, 15) is 0 Å². The van der Waals surface area contributed by atoms with Gasteiger partial charge in [-0.15, -0.1) is 24.8 Å². The van der Waals surface area contributed by atoms with Gasteiger partial charge in [-0.05, 0) is 48.9 Å². The molecule has 150 valence electrons. The molecular weight excluding hydrogens is 393 g/mol. The van der Waals surface area contributed by atoms with Gasteiger partial charge in [0.25, 0.3) is 0 Å². The van der Waals surface area contributed by atoms with E-state index in [0.717, 1.165) is 42.8 Å². The predicted molar refractivity (Wildman–Crippen MR) is 117 cm³/mol. The molecule has 2 fully saturated rings. The molecule has 2 N–H and O–H groups in total. The minimum absolute atomic E-state index is 0. The molecule has 0 spiro atoms. The van der Waals surface area contributed by atoms with Crippen molar-refractivity contribution in [2.24, 2.45) is 5.73 Å². The van der Waals surface area contributed by atoms with Crippen LogP contribution in [0.2, 0.25) is 0 Å². The predicted octanol–water partition coefficient (Wildman–Crippen LogP) is 4.72. The number of halogens is 2. The van der Waals surface area contributed by atoms with Crippen LogP contribution in [-0.4, -0.2) is 28.0 Å². The van der Waals surface area contributed by atoms with Crippen molar-refractivity contribution in [3.05, 3.63) is 65.5 Å². The third-order valence-electron chi connectivity index (χ3n) is 6.00. The van der Waals surface area contributed by atoms with Gasteiger partial charge in [-0.2, -0.15) is 0 Å². The molecule has 3 atom stereocenters. The van der Waals surface area contributed by atoms with Crippen molar-refractivity contribution in [2.75, 3.05) is 0 Å². The highest BCUT2D eigenvalue weighted by Crippen LogP contribution is 2.36. The third kappa shape index (κ3) is 4.20. The van der Waals surface area contributed by atoms with Gasteiger partial charge in [0.05, 0.1) is 0 Å². The fraction of sp³-hybridized carbons (Fsp3) is 0.409. The van der Waals surface area contributed by atoms with E-state index < -0.39 is 0 Å². The molecule has 1 unspecified atom stereocenters. The summed E-state index contributed by atoms with van der Waals surface area (Å²) in [5.74, 6) is 0.780. The fourth-order valence-corrected chi connectivity index (χ4v) is 4.72. The number of hydrogen-bond donors (Lipinski definition) is 1. The van der Waals surface area contributed by atoms with Crippen LogP contribution < -0.4 is 5.73 Å². The van der Waals surface area contributed by atoms with E-state index in [1.54, 1.807) is 0 Å². The number of benzene rings is 2. The van der Waals surface area contributed by atoms with E-state index in [-0.39, 0.29) is 24.8 Å². The SMILES string of the molecule is Cl.Cl.NC1C[C@H]2CC[C@@H](C1)N2Cc1ccc(Cc2nc3ccccc3o2)cc1. The summed E-state index contributed by atoms with van der Waals surface area (Å²) in [5.41, 5.74) is 10.6. The third-order valence-corrected chi connectivity index (χ3v) is 6.00. The topological polar surface area (TPSA) is 55.3 Å². The summed E-state index contributed by atoms with van der Waals surface area (Å²) in [7, 11) is 0. The average molecular weight is 420 g/mol. The summed E-state index contributed by atoms with van der Waals surface area (Å²) in [4.78, 5) is 7.25. The van der Waals surface area contributed by atoms with Crippen LogP contribution in [0.5, 0.6) is 0 Å². The Morgan fingerprint density at radius 1 is 0.929 bits per heavy atom. The van der Waals surface area contributed by atoms with Gasteiger partial charge >= 0.3 is 0 Å². The van der Waals surface area contributed by atoms with Crippen LogP contribution >= 0.6 is 24.8 Å². The lowest BCUT2D eigenvalue weighted by Gasteiger charge is -2.37. The lowest BCUT2D eigenvalue weighted by Crippen LogP contribution is -2.46. The number of nitrogens with zero attached hydrogens (tertiary/aromatic N) is 2. The van der Waals surface area contributed by atoms with Crippen LogP contribution in [0.25, 0.3) is 11.1 Å². The number of hydrogen-bond acceptors (Lipinski definition) is 4. The number of nitrogens with two attached hydrogens (primary N) is 1. The number of rotatable bonds is 4. The van der Waals surface area contributed by atoms with Gasteiger partial charge in [0, 0.05) is 31.1 Å². The normalized spacial score (nSPS) is 24.0. The van der Waals surface area contributed by atoms with Gasteiger partial charge in [-0.25, -0.2) is 4.98 Å². The number of fused-ring (bicyclic) bond motifs is 3. The van der Waals surface area contributed by atoms with Crippen molar-refractivity contribution >= 4 is 35.9 Å². The van der Waals surface area contributed by atoms with E-state index in [2.05, 4.69) is 34.1 Å². The van der Waals surface area contributed by atoms with Crippen molar-refractivity contribution in [3.63, 3.8) is 0 Å². The highest BCUT2D eigenvalue weighted by molar-refractivity contribution is 5.85. The Bertz CT molecular complexity index is 865. The second kappa shape index (κ2) is 8.83. The average Bonchev–Trinajstić information content (AvgIpc) is 3.14. The lowest BCUT2D eigenvalue weighted by molar-refractivity contribution is 0.120. The molecule has 1 aromatic heterocycles. The van der Waals surface area contributed by atoms with Gasteiger partial charge < -0.3 is 10.2 Å². The maximum absolute atomic E-state index is 6.19. The number of aromatic nitrogens is 1. The Labute approximate surface area is 178 Å². The van der Waals surface area contributed by atoms with Gasteiger partial charge in [0.2, 0.25) is 0 Å². The molecule has 2 aliphatic heterocycles. The first-order valence-corrected chi connectivity index (χ1v) is 9.68. The van der Waals surface area contributed by atoms with Gasteiger partial charge in [0.1, 0.15) is 5.52 Å². The monoisotopic (exact) mass is 419 g/mol. The minimum Gasteiger partial charge on any atom is -0.440 e. The van der Waals surface area contributed by atoms with E-state index in [1.807, 2.05) is 24.3 Å². The summed E-state index contributed by atoms with van der Waals surface area (Å²) in [5, 5.41) is 0. The van der Waals surface area contributed by atoms with Crippen LogP contribution in [0.15, 0.2) is 52.9 Å². The van der Waals surface area contributed by atoms with Crippen LogP contribution in [0.1, 0.15) is 42.7 Å². The maximum Gasteiger partial charge on any atom is 0.199 e. The zero-order valence-corrected chi connectivity index (χ0v) is 17.4. The molecule has 0 aliphatic carbocycles. The Kier molecular flexibility index (Phi) is 6.66. The van der Waals surface area contributed by atoms with Crippen molar-refractivity contribution in [3.8, 4) is 0 Å². The molecule has 2 aliphatic rings. The highest BCUT2D eigenvalue weighted by atomic mass is 35.5. The highest BCUT2D eigenvalue weighted by Gasteiger charge is 2.39. The molecule has 6 heteroatoms. The zero-order valence-electron chi connectivity index (χ0n) is 15.8. The number of piperidine rings is 1. The van der Waals surface area contributed by atoms with Gasteiger partial charge in [-0.3, -0.25) is 4.90 Å². The summed E-state index contributed by atoms with van der Waals surface area (Å²) in [6.07, 6.45) is 5.68. The molecule has 3 aromatic rings. The van der Waals surface area contributed by atoms with Gasteiger partial charge in [0.15, 0.2) is 11.5 Å². The molecule has 2 aromatic carbocycles. The second-order valence-corrected chi connectivity index (χ2v) is 7.86. The van der Waals surface area contributed by atoms with Crippen molar-refractivity contribution < 1.29 is 4.42 Å². The number of oxazole rings is 1. The molecule has 0 radical (unpaired) electrons. The zero-order chi connectivity index (χ0) is 17.5. The minimum atomic E-state index is 0. The molecule has 0 amide bonds. The first kappa shape index (κ1) is 21.1. The Balaban J connectivity index is 0.00000112. The van der Waals surface area contributed by atoms with E-state index in [1.165, 1.54) is 24.0 Å². The summed E-state index contributed by atoms with van der Waals surface area (Å²) in [6, 6.07) is 18.6. The number of para-hydroxylation sites is 2. The molecule has 5 rings (SSSR count). The molecule has 2 saturated heterocycles. The molecule has 28 heavy (non-hydrogen) atoms. The smallest absolute Gasteiger partial charge is 0.199 e.